The van der Waals surface area contributed by atoms with E-state index >= 15 is 0 Å². The molecular weight excluding hydrogens is 188 g/mol. The first-order valence-electron chi connectivity index (χ1n) is 5.02. The lowest BCUT2D eigenvalue weighted by atomic mass is 9.99. The van der Waals surface area contributed by atoms with Gasteiger partial charge in [-0.25, -0.2) is 0 Å². The molecule has 3 nitrogen and oxygen atoms in total. The van der Waals surface area contributed by atoms with Crippen LogP contribution in [0.25, 0.3) is 11.1 Å². The second kappa shape index (κ2) is 3.77. The van der Waals surface area contributed by atoms with Crippen LogP contribution in [0.3, 0.4) is 0 Å². The summed E-state index contributed by atoms with van der Waals surface area (Å²) < 4.78 is 4.88. The Balaban J connectivity index is 2.56. The predicted molar refractivity (Wildman–Crippen MR) is 60.5 cm³/mol. The second-order valence-electron chi connectivity index (χ2n) is 3.61. The quantitative estimate of drug-likeness (QED) is 0.814. The van der Waals surface area contributed by atoms with Crippen LogP contribution in [0.5, 0.6) is 0 Å². The van der Waals surface area contributed by atoms with Gasteiger partial charge in [-0.05, 0) is 30.0 Å². The van der Waals surface area contributed by atoms with Crippen LogP contribution in [0.1, 0.15) is 18.1 Å². The van der Waals surface area contributed by atoms with Crippen LogP contribution in [-0.2, 0) is 6.42 Å². The first-order valence-corrected chi connectivity index (χ1v) is 5.02. The third-order valence-electron chi connectivity index (χ3n) is 2.60. The molecular formula is C12H14N2O. The molecule has 0 radical (unpaired) electrons. The predicted octanol–water partition coefficient (Wildman–Crippen LogP) is 2.79. The number of benzene rings is 1. The van der Waals surface area contributed by atoms with Crippen molar-refractivity contribution in [3.05, 3.63) is 35.5 Å². The molecule has 15 heavy (non-hydrogen) atoms. The van der Waals surface area contributed by atoms with E-state index in [0.717, 1.165) is 17.5 Å². The minimum atomic E-state index is 0.381. The van der Waals surface area contributed by atoms with Gasteiger partial charge in [0.25, 0.3) is 0 Å². The molecule has 0 saturated carbocycles. The van der Waals surface area contributed by atoms with Crippen LogP contribution >= 0.6 is 0 Å². The van der Waals surface area contributed by atoms with Crippen molar-refractivity contribution in [1.82, 2.24) is 5.16 Å². The Hall–Kier alpha value is -1.77. The van der Waals surface area contributed by atoms with Gasteiger partial charge in [0.15, 0.2) is 0 Å². The third-order valence-corrected chi connectivity index (χ3v) is 2.60. The van der Waals surface area contributed by atoms with Crippen molar-refractivity contribution in [2.24, 2.45) is 0 Å². The molecule has 1 heterocycles. The Morgan fingerprint density at radius 1 is 1.33 bits per heavy atom. The van der Waals surface area contributed by atoms with Crippen molar-refractivity contribution >= 4 is 5.88 Å². The molecule has 0 unspecified atom stereocenters. The Kier molecular flexibility index (Phi) is 2.46. The van der Waals surface area contributed by atoms with E-state index in [1.54, 1.807) is 6.20 Å². The summed E-state index contributed by atoms with van der Waals surface area (Å²) >= 11 is 0. The summed E-state index contributed by atoms with van der Waals surface area (Å²) in [6, 6.07) is 6.36. The summed E-state index contributed by atoms with van der Waals surface area (Å²) in [6.45, 7) is 4.19. The highest BCUT2D eigenvalue weighted by atomic mass is 16.5. The maximum atomic E-state index is 5.70. The van der Waals surface area contributed by atoms with E-state index in [9.17, 15) is 0 Å². The molecule has 0 saturated heterocycles. The lowest BCUT2D eigenvalue weighted by molar-refractivity contribution is 0.436. The van der Waals surface area contributed by atoms with Crippen molar-refractivity contribution in [2.75, 3.05) is 5.73 Å². The molecule has 0 aliphatic carbocycles. The number of aryl methyl sites for hydroxylation is 2. The van der Waals surface area contributed by atoms with E-state index in [-0.39, 0.29) is 0 Å². The van der Waals surface area contributed by atoms with Gasteiger partial charge < -0.3 is 10.3 Å². The lowest BCUT2D eigenvalue weighted by Crippen LogP contribution is -1.89. The Bertz CT molecular complexity index is 474. The monoisotopic (exact) mass is 202 g/mol. The average molecular weight is 202 g/mol. The zero-order valence-corrected chi connectivity index (χ0v) is 8.95. The van der Waals surface area contributed by atoms with Gasteiger partial charge in [0.2, 0.25) is 5.88 Å². The molecule has 0 fully saturated rings. The molecule has 2 aromatic rings. The van der Waals surface area contributed by atoms with E-state index in [1.807, 2.05) is 0 Å². The number of hydrogen-bond acceptors (Lipinski definition) is 3. The van der Waals surface area contributed by atoms with Gasteiger partial charge in [0.1, 0.15) is 0 Å². The van der Waals surface area contributed by atoms with Crippen LogP contribution in [0, 0.1) is 6.92 Å². The van der Waals surface area contributed by atoms with Gasteiger partial charge in [0, 0.05) is 0 Å². The van der Waals surface area contributed by atoms with Gasteiger partial charge in [0.05, 0.1) is 11.8 Å². The number of nitrogens with two attached hydrogens (primary N) is 1. The van der Waals surface area contributed by atoms with Gasteiger partial charge in [-0.1, -0.05) is 30.3 Å². The molecule has 0 amide bonds. The summed E-state index contributed by atoms with van der Waals surface area (Å²) in [6.07, 6.45) is 2.68. The summed E-state index contributed by atoms with van der Waals surface area (Å²) in [7, 11) is 0. The molecule has 2 N–H and O–H groups in total. The number of anilines is 1. The lowest BCUT2D eigenvalue weighted by Gasteiger charge is -2.05. The highest BCUT2D eigenvalue weighted by Gasteiger charge is 2.09. The Labute approximate surface area is 88.9 Å². The zero-order valence-electron chi connectivity index (χ0n) is 8.95. The van der Waals surface area contributed by atoms with Crippen LogP contribution in [-0.4, -0.2) is 5.16 Å². The maximum absolute atomic E-state index is 5.70. The van der Waals surface area contributed by atoms with Gasteiger partial charge in [-0.3, -0.25) is 0 Å². The van der Waals surface area contributed by atoms with Crippen molar-refractivity contribution in [3.63, 3.8) is 0 Å². The van der Waals surface area contributed by atoms with Crippen molar-refractivity contribution in [2.45, 2.75) is 20.3 Å². The van der Waals surface area contributed by atoms with E-state index in [1.165, 1.54) is 11.1 Å². The van der Waals surface area contributed by atoms with Gasteiger partial charge >= 0.3 is 0 Å². The molecule has 0 aliphatic rings. The second-order valence-corrected chi connectivity index (χ2v) is 3.61. The SMILES string of the molecule is CCc1ccc(C)c(-c2cnoc2N)c1. The average Bonchev–Trinajstić information content (AvgIpc) is 2.65. The number of aromatic nitrogens is 1. The molecule has 3 heteroatoms. The fraction of sp³-hybridized carbons (Fsp3) is 0.250. The minimum Gasteiger partial charge on any atom is -0.367 e. The number of rotatable bonds is 2. The summed E-state index contributed by atoms with van der Waals surface area (Å²) in [5.41, 5.74) is 10.2. The van der Waals surface area contributed by atoms with Gasteiger partial charge in [-0.15, -0.1) is 0 Å². The normalized spacial score (nSPS) is 10.5. The number of hydrogen-bond donors (Lipinski definition) is 1. The molecule has 0 atom stereocenters. The number of nitrogens with zero attached hydrogens (tertiary/aromatic N) is 1. The molecule has 78 valence electrons. The van der Waals surface area contributed by atoms with E-state index in [4.69, 9.17) is 10.3 Å². The van der Waals surface area contributed by atoms with Crippen LogP contribution in [0.4, 0.5) is 5.88 Å². The van der Waals surface area contributed by atoms with Crippen LogP contribution < -0.4 is 5.73 Å². The van der Waals surface area contributed by atoms with E-state index in [2.05, 4.69) is 37.2 Å². The molecule has 1 aromatic carbocycles. The van der Waals surface area contributed by atoms with E-state index in [0.29, 0.717) is 5.88 Å². The first-order chi connectivity index (χ1) is 7.22. The smallest absolute Gasteiger partial charge is 0.229 e. The Morgan fingerprint density at radius 2 is 2.13 bits per heavy atom. The molecule has 2 rings (SSSR count). The maximum Gasteiger partial charge on any atom is 0.229 e. The van der Waals surface area contributed by atoms with Crippen LogP contribution in [0.15, 0.2) is 28.9 Å². The van der Waals surface area contributed by atoms with Crippen molar-refractivity contribution in [3.8, 4) is 11.1 Å². The largest absolute Gasteiger partial charge is 0.367 e. The first kappa shape index (κ1) is 9.77. The summed E-state index contributed by atoms with van der Waals surface area (Å²) in [5, 5.41) is 3.69. The fourth-order valence-corrected chi connectivity index (χ4v) is 1.63. The van der Waals surface area contributed by atoms with E-state index < -0.39 is 0 Å². The summed E-state index contributed by atoms with van der Waals surface area (Å²) in [5.74, 6) is 0.381. The standard InChI is InChI=1S/C12H14N2O/c1-3-9-5-4-8(2)10(6-9)11-7-14-15-12(11)13/h4-7H,3,13H2,1-2H3. The third kappa shape index (κ3) is 1.73. The Morgan fingerprint density at radius 3 is 2.73 bits per heavy atom. The van der Waals surface area contributed by atoms with Crippen molar-refractivity contribution < 1.29 is 4.52 Å². The number of nitrogen functional groups attached to an aromatic ring is 1. The highest BCUT2D eigenvalue weighted by Crippen LogP contribution is 2.29. The minimum absolute atomic E-state index is 0.381. The van der Waals surface area contributed by atoms with Crippen LogP contribution in [0.2, 0.25) is 0 Å². The molecule has 0 aliphatic heterocycles. The fourth-order valence-electron chi connectivity index (χ4n) is 1.63. The topological polar surface area (TPSA) is 52.0 Å². The molecule has 0 bridgehead atoms. The van der Waals surface area contributed by atoms with Crippen molar-refractivity contribution in [1.29, 1.82) is 0 Å². The highest BCUT2D eigenvalue weighted by molar-refractivity contribution is 5.74. The zero-order chi connectivity index (χ0) is 10.8. The summed E-state index contributed by atoms with van der Waals surface area (Å²) in [4.78, 5) is 0. The van der Waals surface area contributed by atoms with Gasteiger partial charge in [-0.2, -0.15) is 0 Å². The molecule has 0 spiro atoms. The molecule has 1 aromatic heterocycles.